The number of benzene rings is 3. The van der Waals surface area contributed by atoms with Gasteiger partial charge in [-0.3, -0.25) is 4.79 Å². The van der Waals surface area contributed by atoms with Crippen molar-refractivity contribution >= 4 is 11.6 Å². The summed E-state index contributed by atoms with van der Waals surface area (Å²) in [6.07, 6.45) is 1.91. The molecule has 3 aromatic rings. The minimum atomic E-state index is -0.231. The smallest absolute Gasteiger partial charge is 0.231 e. The van der Waals surface area contributed by atoms with Crippen molar-refractivity contribution in [2.75, 3.05) is 12.1 Å². The van der Waals surface area contributed by atoms with Crippen molar-refractivity contribution < 1.29 is 18.7 Å². The van der Waals surface area contributed by atoms with E-state index in [1.165, 1.54) is 12.1 Å². The molecular formula is C27H30FNO3. The van der Waals surface area contributed by atoms with Crippen molar-refractivity contribution in [1.29, 1.82) is 0 Å². The van der Waals surface area contributed by atoms with E-state index in [-0.39, 0.29) is 24.6 Å². The van der Waals surface area contributed by atoms with Crippen molar-refractivity contribution in [3.8, 4) is 22.6 Å². The van der Waals surface area contributed by atoms with E-state index in [1.54, 1.807) is 6.07 Å². The molecule has 0 spiro atoms. The molecule has 0 bridgehead atoms. The van der Waals surface area contributed by atoms with Crippen LogP contribution in [0.1, 0.15) is 38.3 Å². The lowest BCUT2D eigenvalue weighted by atomic mass is 9.96. The van der Waals surface area contributed by atoms with Crippen LogP contribution in [0.15, 0.2) is 60.7 Å². The van der Waals surface area contributed by atoms with Crippen molar-refractivity contribution in [1.82, 2.24) is 0 Å². The molecule has 1 aliphatic heterocycles. The van der Waals surface area contributed by atoms with Gasteiger partial charge in [-0.1, -0.05) is 38.6 Å². The van der Waals surface area contributed by atoms with E-state index in [1.807, 2.05) is 63.2 Å². The van der Waals surface area contributed by atoms with E-state index in [4.69, 9.17) is 9.47 Å². The summed E-state index contributed by atoms with van der Waals surface area (Å²) >= 11 is 0. The normalized spacial score (nSPS) is 14.5. The Labute approximate surface area is 189 Å². The van der Waals surface area contributed by atoms with Gasteiger partial charge in [-0.05, 0) is 85.3 Å². The molecule has 1 N–H and O–H groups in total. The van der Waals surface area contributed by atoms with Gasteiger partial charge in [-0.15, -0.1) is 0 Å². The fourth-order valence-electron chi connectivity index (χ4n) is 3.46. The molecule has 168 valence electrons. The first-order chi connectivity index (χ1) is 14.9. The van der Waals surface area contributed by atoms with Gasteiger partial charge >= 0.3 is 0 Å². The van der Waals surface area contributed by atoms with Crippen LogP contribution in [0.2, 0.25) is 0 Å². The first-order valence-electron chi connectivity index (χ1n) is 10.4. The first-order valence-corrected chi connectivity index (χ1v) is 10.4. The summed E-state index contributed by atoms with van der Waals surface area (Å²) in [6, 6.07) is 18.3. The zero-order valence-corrected chi connectivity index (χ0v) is 18.0. The summed E-state index contributed by atoms with van der Waals surface area (Å²) < 4.78 is 23.4. The SMILES string of the molecule is C.Cc1cc(F)ccc1-c1cc(NC(=O)C2(C)CC2)ccc1C.c1ccc2c(c1)OCO2. The standard InChI is InChI=1S/C19H20FNO.C7H6O2.CH4/c1-12-4-6-15(21-18(22)19(3)8-9-19)11-17(12)16-7-5-14(20)10-13(16)2;1-2-4-7-6(3-1)8-5-9-7;/h4-7,10-11H,8-9H2,1-3H3,(H,21,22);1-4H,5H2;1H4. The van der Waals surface area contributed by atoms with Gasteiger partial charge in [0.1, 0.15) is 5.82 Å². The van der Waals surface area contributed by atoms with Crippen molar-refractivity contribution in [3.63, 3.8) is 0 Å². The Kier molecular flexibility index (Phi) is 6.87. The number of anilines is 1. The number of carbonyl (C=O) groups is 1. The number of para-hydroxylation sites is 2. The van der Waals surface area contributed by atoms with Gasteiger partial charge in [-0.25, -0.2) is 4.39 Å². The van der Waals surface area contributed by atoms with Crippen LogP contribution in [0, 0.1) is 25.1 Å². The number of rotatable bonds is 3. The maximum Gasteiger partial charge on any atom is 0.231 e. The summed E-state index contributed by atoms with van der Waals surface area (Å²) in [5.41, 5.74) is 4.61. The minimum Gasteiger partial charge on any atom is -0.454 e. The highest BCUT2D eigenvalue weighted by atomic mass is 19.1. The molecule has 32 heavy (non-hydrogen) atoms. The Morgan fingerprint density at radius 2 is 1.56 bits per heavy atom. The van der Waals surface area contributed by atoms with Gasteiger partial charge in [-0.2, -0.15) is 0 Å². The topological polar surface area (TPSA) is 47.6 Å². The lowest BCUT2D eigenvalue weighted by Gasteiger charge is -2.14. The van der Waals surface area contributed by atoms with E-state index >= 15 is 0 Å². The number of amides is 1. The first kappa shape index (κ1) is 23.3. The molecule has 1 fully saturated rings. The second-order valence-electron chi connectivity index (χ2n) is 8.36. The van der Waals surface area contributed by atoms with Crippen LogP contribution in [0.5, 0.6) is 11.5 Å². The quantitative estimate of drug-likeness (QED) is 0.487. The third-order valence-corrected chi connectivity index (χ3v) is 5.80. The lowest BCUT2D eigenvalue weighted by Crippen LogP contribution is -2.21. The molecule has 5 rings (SSSR count). The molecule has 1 amide bonds. The maximum absolute atomic E-state index is 13.3. The van der Waals surface area contributed by atoms with Crippen LogP contribution >= 0.6 is 0 Å². The lowest BCUT2D eigenvalue weighted by molar-refractivity contribution is -0.120. The molecule has 1 saturated carbocycles. The second-order valence-corrected chi connectivity index (χ2v) is 8.36. The minimum absolute atomic E-state index is 0. The molecular weight excluding hydrogens is 405 g/mol. The van der Waals surface area contributed by atoms with E-state index in [2.05, 4.69) is 5.32 Å². The van der Waals surface area contributed by atoms with Crippen molar-refractivity contribution in [2.24, 2.45) is 5.41 Å². The maximum atomic E-state index is 13.3. The molecule has 5 heteroatoms. The highest BCUT2D eigenvalue weighted by molar-refractivity contribution is 5.97. The zero-order valence-electron chi connectivity index (χ0n) is 18.0. The number of aryl methyl sites for hydroxylation is 2. The highest BCUT2D eigenvalue weighted by Gasteiger charge is 2.44. The fourth-order valence-corrected chi connectivity index (χ4v) is 3.46. The Morgan fingerprint density at radius 3 is 2.16 bits per heavy atom. The number of fused-ring (bicyclic) bond motifs is 1. The summed E-state index contributed by atoms with van der Waals surface area (Å²) in [7, 11) is 0. The van der Waals surface area contributed by atoms with Gasteiger partial charge < -0.3 is 14.8 Å². The number of ether oxygens (including phenoxy) is 2. The van der Waals surface area contributed by atoms with Gasteiger partial charge in [0.2, 0.25) is 12.7 Å². The largest absolute Gasteiger partial charge is 0.454 e. The third kappa shape index (κ3) is 5.10. The average molecular weight is 436 g/mol. The Bertz CT molecular complexity index is 1100. The van der Waals surface area contributed by atoms with Gasteiger partial charge in [0.05, 0.1) is 0 Å². The summed E-state index contributed by atoms with van der Waals surface area (Å²) in [5, 5.41) is 3.00. The number of carbonyl (C=O) groups excluding carboxylic acids is 1. The van der Waals surface area contributed by atoms with E-state index in [0.29, 0.717) is 6.79 Å². The summed E-state index contributed by atoms with van der Waals surface area (Å²) in [5.74, 6) is 1.54. The van der Waals surface area contributed by atoms with E-state index in [0.717, 1.165) is 52.3 Å². The highest BCUT2D eigenvalue weighted by Crippen LogP contribution is 2.46. The Morgan fingerprint density at radius 1 is 0.906 bits per heavy atom. The molecule has 4 nitrogen and oxygen atoms in total. The molecule has 0 unspecified atom stereocenters. The third-order valence-electron chi connectivity index (χ3n) is 5.80. The number of hydrogen-bond donors (Lipinski definition) is 1. The predicted octanol–water partition coefficient (Wildman–Crippen LogP) is 6.90. The molecule has 0 atom stereocenters. The van der Waals surface area contributed by atoms with Crippen LogP contribution in [0.25, 0.3) is 11.1 Å². The van der Waals surface area contributed by atoms with Crippen molar-refractivity contribution in [2.45, 2.75) is 41.0 Å². The fraction of sp³-hybridized carbons (Fsp3) is 0.296. The molecule has 2 aliphatic rings. The Balaban J connectivity index is 0.000000241. The average Bonchev–Trinajstić information content (AvgIpc) is 3.33. The van der Waals surface area contributed by atoms with Gasteiger partial charge in [0.25, 0.3) is 0 Å². The Hall–Kier alpha value is -3.34. The molecule has 0 saturated heterocycles. The van der Waals surface area contributed by atoms with Crippen LogP contribution in [0.4, 0.5) is 10.1 Å². The monoisotopic (exact) mass is 435 g/mol. The van der Waals surface area contributed by atoms with Gasteiger partial charge in [0, 0.05) is 11.1 Å². The molecule has 0 aromatic heterocycles. The second kappa shape index (κ2) is 9.43. The number of halogens is 1. The van der Waals surface area contributed by atoms with Crippen LogP contribution in [-0.2, 0) is 4.79 Å². The summed E-state index contributed by atoms with van der Waals surface area (Å²) in [4.78, 5) is 12.2. The van der Waals surface area contributed by atoms with Crippen LogP contribution in [0.3, 0.4) is 0 Å². The predicted molar refractivity (Wildman–Crippen MR) is 127 cm³/mol. The van der Waals surface area contributed by atoms with E-state index < -0.39 is 0 Å². The zero-order chi connectivity index (χ0) is 22.0. The van der Waals surface area contributed by atoms with Crippen LogP contribution in [-0.4, -0.2) is 12.7 Å². The van der Waals surface area contributed by atoms with Crippen molar-refractivity contribution in [3.05, 3.63) is 77.6 Å². The molecule has 0 radical (unpaired) electrons. The number of hydrogen-bond acceptors (Lipinski definition) is 3. The van der Waals surface area contributed by atoms with Crippen LogP contribution < -0.4 is 14.8 Å². The molecule has 3 aromatic carbocycles. The summed E-state index contributed by atoms with van der Waals surface area (Å²) in [6.45, 7) is 6.27. The van der Waals surface area contributed by atoms with E-state index in [9.17, 15) is 9.18 Å². The number of nitrogens with one attached hydrogen (secondary N) is 1. The molecule has 1 heterocycles. The molecule has 1 aliphatic carbocycles. The van der Waals surface area contributed by atoms with Gasteiger partial charge in [0.15, 0.2) is 11.5 Å².